The molecule has 1 unspecified atom stereocenters. The minimum absolute atomic E-state index is 0.181. The molecule has 2 N–H and O–H groups in total. The Balaban J connectivity index is 2.14. The minimum atomic E-state index is 0.181. The SMILES string of the molecule is CC(N)Cc1ccc(Sc2ccncc2)cc1Br. The molecule has 94 valence electrons. The molecular formula is C14H15BrN2S. The van der Waals surface area contributed by atoms with Crippen LogP contribution in [-0.4, -0.2) is 11.0 Å². The fourth-order valence-electron chi connectivity index (χ4n) is 1.65. The predicted molar refractivity (Wildman–Crippen MR) is 79.9 cm³/mol. The third-order valence-corrected chi connectivity index (χ3v) is 4.19. The van der Waals surface area contributed by atoms with Crippen molar-refractivity contribution in [3.8, 4) is 0 Å². The zero-order valence-corrected chi connectivity index (χ0v) is 12.5. The van der Waals surface area contributed by atoms with Crippen LogP contribution in [0.2, 0.25) is 0 Å². The maximum atomic E-state index is 5.82. The minimum Gasteiger partial charge on any atom is -0.328 e. The van der Waals surface area contributed by atoms with Crippen LogP contribution >= 0.6 is 27.7 Å². The summed E-state index contributed by atoms with van der Waals surface area (Å²) < 4.78 is 1.12. The van der Waals surface area contributed by atoms with E-state index in [9.17, 15) is 0 Å². The van der Waals surface area contributed by atoms with Crippen LogP contribution in [0.25, 0.3) is 0 Å². The Morgan fingerprint density at radius 2 is 1.94 bits per heavy atom. The van der Waals surface area contributed by atoms with Gasteiger partial charge < -0.3 is 5.73 Å². The second-order valence-corrected chi connectivity index (χ2v) is 6.22. The van der Waals surface area contributed by atoms with Crippen molar-refractivity contribution in [2.75, 3.05) is 0 Å². The molecule has 2 nitrogen and oxygen atoms in total. The molecule has 0 radical (unpaired) electrons. The summed E-state index contributed by atoms with van der Waals surface area (Å²) >= 11 is 5.34. The van der Waals surface area contributed by atoms with Crippen LogP contribution in [0.4, 0.5) is 0 Å². The molecule has 0 aliphatic carbocycles. The number of nitrogens with two attached hydrogens (primary N) is 1. The average molecular weight is 323 g/mol. The zero-order chi connectivity index (χ0) is 13.0. The van der Waals surface area contributed by atoms with E-state index in [0.29, 0.717) is 0 Å². The van der Waals surface area contributed by atoms with Crippen molar-refractivity contribution in [3.05, 3.63) is 52.8 Å². The molecule has 1 aromatic heterocycles. The Bertz CT molecular complexity index is 514. The van der Waals surface area contributed by atoms with Gasteiger partial charge in [0, 0.05) is 32.7 Å². The van der Waals surface area contributed by atoms with Crippen LogP contribution in [0.15, 0.2) is 57.0 Å². The van der Waals surface area contributed by atoms with Gasteiger partial charge in [0.25, 0.3) is 0 Å². The fourth-order valence-corrected chi connectivity index (χ4v) is 3.18. The molecule has 0 amide bonds. The van der Waals surface area contributed by atoms with Gasteiger partial charge in [-0.3, -0.25) is 4.98 Å². The van der Waals surface area contributed by atoms with E-state index in [1.807, 2.05) is 31.5 Å². The Kier molecular flexibility index (Phi) is 4.80. The first kappa shape index (κ1) is 13.6. The van der Waals surface area contributed by atoms with Crippen molar-refractivity contribution < 1.29 is 0 Å². The number of benzene rings is 1. The molecule has 0 aliphatic rings. The first-order chi connectivity index (χ1) is 8.65. The number of rotatable bonds is 4. The molecule has 1 atom stereocenters. The molecular weight excluding hydrogens is 308 g/mol. The van der Waals surface area contributed by atoms with E-state index in [1.165, 1.54) is 15.4 Å². The molecule has 2 aromatic rings. The van der Waals surface area contributed by atoms with E-state index in [1.54, 1.807) is 11.8 Å². The van der Waals surface area contributed by atoms with Crippen LogP contribution in [0, 0.1) is 0 Å². The molecule has 0 fully saturated rings. The average Bonchev–Trinajstić information content (AvgIpc) is 2.33. The van der Waals surface area contributed by atoms with Crippen molar-refractivity contribution in [1.29, 1.82) is 0 Å². The summed E-state index contributed by atoms with van der Waals surface area (Å²) in [6, 6.07) is 10.6. The number of aromatic nitrogens is 1. The smallest absolute Gasteiger partial charge is 0.0279 e. The molecule has 0 saturated heterocycles. The van der Waals surface area contributed by atoms with Gasteiger partial charge in [0.15, 0.2) is 0 Å². The number of hydrogen-bond donors (Lipinski definition) is 1. The van der Waals surface area contributed by atoms with Gasteiger partial charge in [-0.05, 0) is 43.2 Å². The number of halogens is 1. The maximum Gasteiger partial charge on any atom is 0.0279 e. The van der Waals surface area contributed by atoms with E-state index < -0.39 is 0 Å². The number of hydrogen-bond acceptors (Lipinski definition) is 3. The van der Waals surface area contributed by atoms with Crippen molar-refractivity contribution in [2.24, 2.45) is 5.73 Å². The first-order valence-corrected chi connectivity index (χ1v) is 7.38. The number of nitrogens with zero attached hydrogens (tertiary/aromatic N) is 1. The summed E-state index contributed by atoms with van der Waals surface area (Å²) in [6.07, 6.45) is 4.50. The second-order valence-electron chi connectivity index (χ2n) is 4.22. The van der Waals surface area contributed by atoms with E-state index >= 15 is 0 Å². The highest BCUT2D eigenvalue weighted by molar-refractivity contribution is 9.10. The highest BCUT2D eigenvalue weighted by atomic mass is 79.9. The quantitative estimate of drug-likeness (QED) is 0.928. The van der Waals surface area contributed by atoms with E-state index in [4.69, 9.17) is 5.73 Å². The lowest BCUT2D eigenvalue weighted by atomic mass is 10.1. The summed E-state index contributed by atoms with van der Waals surface area (Å²) in [5.74, 6) is 0. The van der Waals surface area contributed by atoms with E-state index in [2.05, 4.69) is 39.1 Å². The van der Waals surface area contributed by atoms with Crippen LogP contribution < -0.4 is 5.73 Å². The van der Waals surface area contributed by atoms with Crippen molar-refractivity contribution >= 4 is 27.7 Å². The summed E-state index contributed by atoms with van der Waals surface area (Å²) in [5.41, 5.74) is 7.08. The molecule has 0 bridgehead atoms. The van der Waals surface area contributed by atoms with Crippen LogP contribution in [0.5, 0.6) is 0 Å². The Labute approximate surface area is 120 Å². The topological polar surface area (TPSA) is 38.9 Å². The van der Waals surface area contributed by atoms with Gasteiger partial charge >= 0.3 is 0 Å². The molecule has 0 saturated carbocycles. The summed E-state index contributed by atoms with van der Waals surface area (Å²) in [5, 5.41) is 0. The largest absolute Gasteiger partial charge is 0.328 e. The van der Waals surface area contributed by atoms with Gasteiger partial charge in [-0.2, -0.15) is 0 Å². The third kappa shape index (κ3) is 3.83. The monoisotopic (exact) mass is 322 g/mol. The Morgan fingerprint density at radius 1 is 1.22 bits per heavy atom. The fraction of sp³-hybridized carbons (Fsp3) is 0.214. The van der Waals surface area contributed by atoms with Crippen molar-refractivity contribution in [1.82, 2.24) is 4.98 Å². The van der Waals surface area contributed by atoms with Crippen LogP contribution in [0.1, 0.15) is 12.5 Å². The van der Waals surface area contributed by atoms with E-state index in [-0.39, 0.29) is 6.04 Å². The normalized spacial score (nSPS) is 12.4. The molecule has 0 spiro atoms. The first-order valence-electron chi connectivity index (χ1n) is 5.77. The Morgan fingerprint density at radius 3 is 2.56 bits per heavy atom. The summed E-state index contributed by atoms with van der Waals surface area (Å²) in [7, 11) is 0. The van der Waals surface area contributed by atoms with Crippen molar-refractivity contribution in [3.63, 3.8) is 0 Å². The van der Waals surface area contributed by atoms with Gasteiger partial charge in [-0.15, -0.1) is 0 Å². The van der Waals surface area contributed by atoms with Crippen molar-refractivity contribution in [2.45, 2.75) is 29.2 Å². The molecule has 18 heavy (non-hydrogen) atoms. The van der Waals surface area contributed by atoms with Gasteiger partial charge in [0.05, 0.1) is 0 Å². The molecule has 1 heterocycles. The van der Waals surface area contributed by atoms with Gasteiger partial charge in [-0.25, -0.2) is 0 Å². The second kappa shape index (κ2) is 6.36. The molecule has 4 heteroatoms. The van der Waals surface area contributed by atoms with Crippen LogP contribution in [-0.2, 0) is 6.42 Å². The lowest BCUT2D eigenvalue weighted by molar-refractivity contribution is 0.735. The lowest BCUT2D eigenvalue weighted by Gasteiger charge is -2.09. The standard InChI is InChI=1S/C14H15BrN2S/c1-10(16)8-11-2-3-13(9-14(11)15)18-12-4-6-17-7-5-12/h2-7,9-10H,8,16H2,1H3. The molecule has 0 aliphatic heterocycles. The van der Waals surface area contributed by atoms with Gasteiger partial charge in [0.2, 0.25) is 0 Å². The highest BCUT2D eigenvalue weighted by Crippen LogP contribution is 2.30. The highest BCUT2D eigenvalue weighted by Gasteiger charge is 2.05. The summed E-state index contributed by atoms with van der Waals surface area (Å²) in [4.78, 5) is 6.42. The van der Waals surface area contributed by atoms with Crippen LogP contribution in [0.3, 0.4) is 0 Å². The molecule has 2 rings (SSSR count). The zero-order valence-electron chi connectivity index (χ0n) is 10.1. The van der Waals surface area contributed by atoms with E-state index in [0.717, 1.165) is 10.9 Å². The predicted octanol–water partition coefficient (Wildman–Crippen LogP) is 3.89. The maximum absolute atomic E-state index is 5.82. The third-order valence-electron chi connectivity index (χ3n) is 2.45. The Hall–Kier alpha value is -0.840. The van der Waals surface area contributed by atoms with Gasteiger partial charge in [0.1, 0.15) is 0 Å². The van der Waals surface area contributed by atoms with Gasteiger partial charge in [-0.1, -0.05) is 33.8 Å². The lowest BCUT2D eigenvalue weighted by Crippen LogP contribution is -2.17. The number of pyridine rings is 1. The summed E-state index contributed by atoms with van der Waals surface area (Å²) in [6.45, 7) is 2.02. The molecule has 1 aromatic carbocycles.